The van der Waals surface area contributed by atoms with E-state index < -0.39 is 0 Å². The summed E-state index contributed by atoms with van der Waals surface area (Å²) in [6.07, 6.45) is 5.04. The van der Waals surface area contributed by atoms with Gasteiger partial charge in [0.25, 0.3) is 0 Å². The quantitative estimate of drug-likeness (QED) is 0.690. The minimum atomic E-state index is 0.590. The molecule has 0 aromatic carbocycles. The summed E-state index contributed by atoms with van der Waals surface area (Å²) in [5.74, 6) is 2.58. The Kier molecular flexibility index (Phi) is 7.78. The molecule has 1 rings (SSSR count). The van der Waals surface area contributed by atoms with Crippen LogP contribution in [0.3, 0.4) is 0 Å². The van der Waals surface area contributed by atoms with Crippen LogP contribution in [0.15, 0.2) is 16.5 Å². The number of ether oxygens (including phenoxy) is 1. The first kappa shape index (κ1) is 15.3. The summed E-state index contributed by atoms with van der Waals surface area (Å²) >= 11 is 0. The predicted molar refractivity (Wildman–Crippen MR) is 74.4 cm³/mol. The first-order valence-corrected chi connectivity index (χ1v) is 7.10. The third kappa shape index (κ3) is 5.69. The van der Waals surface area contributed by atoms with Crippen LogP contribution in [-0.4, -0.2) is 13.7 Å². The minimum Gasteiger partial charge on any atom is -0.462 e. The van der Waals surface area contributed by atoms with Crippen molar-refractivity contribution in [2.24, 2.45) is 5.92 Å². The van der Waals surface area contributed by atoms with Gasteiger partial charge in [0.15, 0.2) is 0 Å². The molecule has 0 radical (unpaired) electrons. The highest BCUT2D eigenvalue weighted by atomic mass is 16.5. The first-order chi connectivity index (χ1) is 8.80. The monoisotopic (exact) mass is 253 g/mol. The molecular formula is C15H27NO2. The van der Waals surface area contributed by atoms with Crippen LogP contribution in [0.4, 0.5) is 0 Å². The third-order valence-electron chi connectivity index (χ3n) is 3.21. The molecule has 1 N–H and O–H groups in total. The Morgan fingerprint density at radius 2 is 2.06 bits per heavy atom. The number of hydrogen-bond acceptors (Lipinski definition) is 3. The topological polar surface area (TPSA) is 34.4 Å². The summed E-state index contributed by atoms with van der Waals surface area (Å²) in [6, 6.07) is 4.00. The van der Waals surface area contributed by atoms with Crippen molar-refractivity contribution in [2.75, 3.05) is 13.7 Å². The molecule has 0 aliphatic rings. The summed E-state index contributed by atoms with van der Waals surface area (Å²) < 4.78 is 11.4. The second kappa shape index (κ2) is 9.17. The zero-order chi connectivity index (χ0) is 13.2. The smallest absolute Gasteiger partial charge is 0.129 e. The van der Waals surface area contributed by atoms with Gasteiger partial charge in [-0.15, -0.1) is 0 Å². The molecule has 0 aliphatic carbocycles. The Morgan fingerprint density at radius 3 is 2.72 bits per heavy atom. The van der Waals surface area contributed by atoms with Gasteiger partial charge in [0.05, 0.1) is 6.54 Å². The van der Waals surface area contributed by atoms with Crippen LogP contribution in [0, 0.1) is 5.92 Å². The van der Waals surface area contributed by atoms with Crippen LogP contribution in [0.1, 0.15) is 51.1 Å². The van der Waals surface area contributed by atoms with Crippen LogP contribution in [0.5, 0.6) is 0 Å². The fourth-order valence-corrected chi connectivity index (χ4v) is 1.99. The first-order valence-electron chi connectivity index (χ1n) is 7.10. The zero-order valence-corrected chi connectivity index (χ0v) is 12.0. The molecule has 0 saturated carbocycles. The SMILES string of the molecule is CCCCC(CC)COCc1ccc(CNC)o1. The molecule has 1 aromatic heterocycles. The summed E-state index contributed by atoms with van der Waals surface area (Å²) in [6.45, 7) is 6.68. The summed E-state index contributed by atoms with van der Waals surface area (Å²) in [4.78, 5) is 0. The molecule has 1 atom stereocenters. The van der Waals surface area contributed by atoms with Gasteiger partial charge in [-0.3, -0.25) is 0 Å². The van der Waals surface area contributed by atoms with Crippen LogP contribution >= 0.6 is 0 Å². The van der Waals surface area contributed by atoms with E-state index in [1.807, 2.05) is 19.2 Å². The van der Waals surface area contributed by atoms with Gasteiger partial charge in [-0.25, -0.2) is 0 Å². The molecule has 18 heavy (non-hydrogen) atoms. The average molecular weight is 253 g/mol. The van der Waals surface area contributed by atoms with Crippen molar-refractivity contribution < 1.29 is 9.15 Å². The standard InChI is InChI=1S/C15H27NO2/c1-4-6-7-13(5-2)11-17-12-15-9-8-14(18-15)10-16-3/h8-9,13,16H,4-7,10-12H2,1-3H3. The van der Waals surface area contributed by atoms with E-state index in [4.69, 9.17) is 9.15 Å². The van der Waals surface area contributed by atoms with E-state index in [1.165, 1.54) is 25.7 Å². The molecule has 0 fully saturated rings. The molecule has 104 valence electrons. The number of rotatable bonds is 10. The predicted octanol–water partition coefficient (Wildman–Crippen LogP) is 3.73. The Balaban J connectivity index is 2.22. The maximum absolute atomic E-state index is 5.75. The van der Waals surface area contributed by atoms with Crippen molar-refractivity contribution >= 4 is 0 Å². The highest BCUT2D eigenvalue weighted by molar-refractivity contribution is 5.06. The second-order valence-corrected chi connectivity index (χ2v) is 4.83. The van der Waals surface area contributed by atoms with E-state index in [1.54, 1.807) is 0 Å². The molecule has 0 saturated heterocycles. The van der Waals surface area contributed by atoms with Gasteiger partial charge in [-0.2, -0.15) is 0 Å². The number of unbranched alkanes of at least 4 members (excludes halogenated alkanes) is 1. The summed E-state index contributed by atoms with van der Waals surface area (Å²) in [7, 11) is 1.91. The van der Waals surface area contributed by atoms with Gasteiger partial charge in [0, 0.05) is 6.61 Å². The third-order valence-corrected chi connectivity index (χ3v) is 3.21. The zero-order valence-electron chi connectivity index (χ0n) is 12.0. The molecule has 3 nitrogen and oxygen atoms in total. The summed E-state index contributed by atoms with van der Waals surface area (Å²) in [5.41, 5.74) is 0. The van der Waals surface area contributed by atoms with Crippen LogP contribution in [0.2, 0.25) is 0 Å². The largest absolute Gasteiger partial charge is 0.462 e. The lowest BCUT2D eigenvalue weighted by atomic mass is 10.0. The van der Waals surface area contributed by atoms with Crippen molar-refractivity contribution in [2.45, 2.75) is 52.7 Å². The molecular weight excluding hydrogens is 226 g/mol. The van der Waals surface area contributed by atoms with Gasteiger partial charge in [-0.1, -0.05) is 33.1 Å². The lowest BCUT2D eigenvalue weighted by molar-refractivity contribution is 0.0702. The second-order valence-electron chi connectivity index (χ2n) is 4.83. The molecule has 1 unspecified atom stereocenters. The molecule has 1 aromatic rings. The van der Waals surface area contributed by atoms with Crippen LogP contribution in [-0.2, 0) is 17.9 Å². The van der Waals surface area contributed by atoms with Crippen LogP contribution in [0.25, 0.3) is 0 Å². The van der Waals surface area contributed by atoms with E-state index in [2.05, 4.69) is 19.2 Å². The van der Waals surface area contributed by atoms with Gasteiger partial charge >= 0.3 is 0 Å². The van der Waals surface area contributed by atoms with Gasteiger partial charge in [-0.05, 0) is 31.5 Å². The Morgan fingerprint density at radius 1 is 1.28 bits per heavy atom. The molecule has 3 heteroatoms. The molecule has 0 aliphatic heterocycles. The van der Waals surface area contributed by atoms with Gasteiger partial charge < -0.3 is 14.5 Å². The highest BCUT2D eigenvalue weighted by Crippen LogP contribution is 2.15. The molecule has 0 amide bonds. The van der Waals surface area contributed by atoms with Gasteiger partial charge in [0.1, 0.15) is 18.1 Å². The Labute approximate surface area is 111 Å². The lowest BCUT2D eigenvalue weighted by Crippen LogP contribution is -2.08. The normalized spacial score (nSPS) is 12.8. The lowest BCUT2D eigenvalue weighted by Gasteiger charge is -2.13. The van der Waals surface area contributed by atoms with E-state index in [-0.39, 0.29) is 0 Å². The van der Waals surface area contributed by atoms with Crippen molar-refractivity contribution in [1.29, 1.82) is 0 Å². The molecule has 0 bridgehead atoms. The maximum Gasteiger partial charge on any atom is 0.129 e. The number of furan rings is 1. The molecule has 0 spiro atoms. The summed E-state index contributed by atoms with van der Waals surface area (Å²) in [5, 5.41) is 3.07. The van der Waals surface area contributed by atoms with Crippen molar-refractivity contribution in [3.8, 4) is 0 Å². The van der Waals surface area contributed by atoms with E-state index >= 15 is 0 Å². The Bertz CT molecular complexity index is 309. The average Bonchev–Trinajstić information content (AvgIpc) is 2.82. The van der Waals surface area contributed by atoms with Gasteiger partial charge in [0.2, 0.25) is 0 Å². The fraction of sp³-hybridized carbons (Fsp3) is 0.733. The van der Waals surface area contributed by atoms with E-state index in [0.717, 1.165) is 24.7 Å². The van der Waals surface area contributed by atoms with Crippen molar-refractivity contribution in [1.82, 2.24) is 5.32 Å². The molecule has 1 heterocycles. The minimum absolute atomic E-state index is 0.590. The van der Waals surface area contributed by atoms with Crippen LogP contribution < -0.4 is 5.32 Å². The Hall–Kier alpha value is -0.800. The number of nitrogens with one attached hydrogen (secondary N) is 1. The van der Waals surface area contributed by atoms with E-state index in [0.29, 0.717) is 12.5 Å². The fourth-order valence-electron chi connectivity index (χ4n) is 1.99. The van der Waals surface area contributed by atoms with Crippen molar-refractivity contribution in [3.05, 3.63) is 23.7 Å². The highest BCUT2D eigenvalue weighted by Gasteiger charge is 2.07. The maximum atomic E-state index is 5.75. The van der Waals surface area contributed by atoms with Crippen molar-refractivity contribution in [3.63, 3.8) is 0 Å². The number of hydrogen-bond donors (Lipinski definition) is 1. The van der Waals surface area contributed by atoms with E-state index in [9.17, 15) is 0 Å².